The molecule has 3 N–H and O–H groups in total. The number of primary amides is 1. The van der Waals surface area contributed by atoms with Gasteiger partial charge in [0.25, 0.3) is 0 Å². The Labute approximate surface area is 127 Å². The molecule has 21 heavy (non-hydrogen) atoms. The summed E-state index contributed by atoms with van der Waals surface area (Å²) in [5, 5.41) is 2.98. The van der Waals surface area contributed by atoms with Gasteiger partial charge in [0.05, 0.1) is 0 Å². The van der Waals surface area contributed by atoms with E-state index in [1.54, 1.807) is 24.3 Å². The van der Waals surface area contributed by atoms with E-state index in [0.717, 1.165) is 0 Å². The quantitative estimate of drug-likeness (QED) is 0.798. The molecule has 0 spiro atoms. The van der Waals surface area contributed by atoms with E-state index >= 15 is 0 Å². The van der Waals surface area contributed by atoms with Crippen molar-refractivity contribution >= 4 is 35.0 Å². The topological polar surface area (TPSA) is 92.5 Å². The SMILES string of the molecule is NC(=O)C1CCN(C(=O)C(=O)Nc2cccc(Cl)c2)CC1. The van der Waals surface area contributed by atoms with Gasteiger partial charge in [-0.3, -0.25) is 14.4 Å². The third kappa shape index (κ3) is 3.95. The fourth-order valence-corrected chi connectivity index (χ4v) is 2.45. The van der Waals surface area contributed by atoms with Gasteiger partial charge in [0.15, 0.2) is 0 Å². The molecule has 0 saturated carbocycles. The first-order chi connectivity index (χ1) is 9.97. The van der Waals surface area contributed by atoms with Crippen LogP contribution in [0.4, 0.5) is 5.69 Å². The fourth-order valence-electron chi connectivity index (χ4n) is 2.26. The molecule has 3 amide bonds. The van der Waals surface area contributed by atoms with Crippen molar-refractivity contribution in [2.24, 2.45) is 11.7 Å². The van der Waals surface area contributed by atoms with Crippen molar-refractivity contribution in [3.05, 3.63) is 29.3 Å². The van der Waals surface area contributed by atoms with Gasteiger partial charge in [-0.2, -0.15) is 0 Å². The van der Waals surface area contributed by atoms with Crippen LogP contribution < -0.4 is 11.1 Å². The van der Waals surface area contributed by atoms with Gasteiger partial charge in [0.1, 0.15) is 0 Å². The maximum Gasteiger partial charge on any atom is 0.313 e. The van der Waals surface area contributed by atoms with Crippen molar-refractivity contribution in [3.63, 3.8) is 0 Å². The standard InChI is InChI=1S/C14H16ClN3O3/c15-10-2-1-3-11(8-10)17-13(20)14(21)18-6-4-9(5-7-18)12(16)19/h1-3,8-9H,4-7H2,(H2,16,19)(H,17,20). The molecule has 6 nitrogen and oxygen atoms in total. The first-order valence-electron chi connectivity index (χ1n) is 6.62. The van der Waals surface area contributed by atoms with E-state index in [4.69, 9.17) is 17.3 Å². The molecule has 2 rings (SSSR count). The molecule has 112 valence electrons. The van der Waals surface area contributed by atoms with Crippen LogP contribution >= 0.6 is 11.6 Å². The van der Waals surface area contributed by atoms with Crippen molar-refractivity contribution in [2.45, 2.75) is 12.8 Å². The van der Waals surface area contributed by atoms with Crippen LogP contribution in [0.5, 0.6) is 0 Å². The van der Waals surface area contributed by atoms with Gasteiger partial charge in [0, 0.05) is 29.7 Å². The molecule has 1 fully saturated rings. The van der Waals surface area contributed by atoms with Gasteiger partial charge in [0.2, 0.25) is 5.91 Å². The molecule has 7 heteroatoms. The van der Waals surface area contributed by atoms with Gasteiger partial charge >= 0.3 is 11.8 Å². The Balaban J connectivity index is 1.91. The molecule has 1 aliphatic rings. The van der Waals surface area contributed by atoms with Crippen LogP contribution in [0, 0.1) is 5.92 Å². The third-order valence-electron chi connectivity index (χ3n) is 3.46. The van der Waals surface area contributed by atoms with Crippen LogP contribution in [-0.2, 0) is 14.4 Å². The Kier molecular flexibility index (Phi) is 4.80. The number of nitrogens with one attached hydrogen (secondary N) is 1. The van der Waals surface area contributed by atoms with Crippen LogP contribution in [0.2, 0.25) is 5.02 Å². The highest BCUT2D eigenvalue weighted by Gasteiger charge is 2.29. The Morgan fingerprint density at radius 2 is 1.90 bits per heavy atom. The summed E-state index contributed by atoms with van der Waals surface area (Å²) < 4.78 is 0. The van der Waals surface area contributed by atoms with E-state index in [-0.39, 0.29) is 11.8 Å². The lowest BCUT2D eigenvalue weighted by molar-refractivity contribution is -0.144. The molecule has 0 radical (unpaired) electrons. The molecule has 1 aromatic carbocycles. The summed E-state index contributed by atoms with van der Waals surface area (Å²) in [6.07, 6.45) is 0.983. The van der Waals surface area contributed by atoms with Crippen LogP contribution in [0.1, 0.15) is 12.8 Å². The second-order valence-electron chi connectivity index (χ2n) is 4.93. The van der Waals surface area contributed by atoms with Crippen molar-refractivity contribution in [1.29, 1.82) is 0 Å². The van der Waals surface area contributed by atoms with Crippen LogP contribution in [0.3, 0.4) is 0 Å². The molecule has 1 aliphatic heterocycles. The summed E-state index contributed by atoms with van der Waals surface area (Å²) in [6.45, 7) is 0.713. The highest BCUT2D eigenvalue weighted by Crippen LogP contribution is 2.18. The second-order valence-corrected chi connectivity index (χ2v) is 5.37. The van der Waals surface area contributed by atoms with E-state index in [1.807, 2.05) is 0 Å². The van der Waals surface area contributed by atoms with Crippen LogP contribution in [-0.4, -0.2) is 35.7 Å². The Morgan fingerprint density at radius 1 is 1.24 bits per heavy atom. The zero-order valence-corrected chi connectivity index (χ0v) is 12.1. The number of carbonyl (C=O) groups excluding carboxylic acids is 3. The smallest absolute Gasteiger partial charge is 0.313 e. The average Bonchev–Trinajstić information content (AvgIpc) is 2.46. The number of benzene rings is 1. The molecule has 1 saturated heterocycles. The van der Waals surface area contributed by atoms with Gasteiger partial charge in [-0.05, 0) is 31.0 Å². The summed E-state index contributed by atoms with van der Waals surface area (Å²) >= 11 is 5.81. The lowest BCUT2D eigenvalue weighted by atomic mass is 9.96. The monoisotopic (exact) mass is 309 g/mol. The van der Waals surface area contributed by atoms with E-state index in [0.29, 0.717) is 36.6 Å². The number of anilines is 1. The highest BCUT2D eigenvalue weighted by molar-refractivity contribution is 6.39. The second kappa shape index (κ2) is 6.58. The Bertz CT molecular complexity index is 568. The molecular weight excluding hydrogens is 294 g/mol. The normalized spacial score (nSPS) is 15.6. The number of piperidine rings is 1. The minimum atomic E-state index is -0.713. The summed E-state index contributed by atoms with van der Waals surface area (Å²) in [4.78, 5) is 36.4. The van der Waals surface area contributed by atoms with E-state index in [9.17, 15) is 14.4 Å². The van der Waals surface area contributed by atoms with Crippen molar-refractivity contribution < 1.29 is 14.4 Å². The number of nitrogens with zero attached hydrogens (tertiary/aromatic N) is 1. The molecule has 0 aliphatic carbocycles. The molecule has 1 aromatic rings. The summed E-state index contributed by atoms with van der Waals surface area (Å²) in [5.41, 5.74) is 5.70. The molecule has 0 bridgehead atoms. The predicted octanol–water partition coefficient (Wildman–Crippen LogP) is 1.00. The minimum absolute atomic E-state index is 0.218. The zero-order valence-electron chi connectivity index (χ0n) is 11.3. The number of hydrogen-bond acceptors (Lipinski definition) is 3. The van der Waals surface area contributed by atoms with Crippen LogP contribution in [0.25, 0.3) is 0 Å². The molecular formula is C14H16ClN3O3. The van der Waals surface area contributed by atoms with Crippen molar-refractivity contribution in [3.8, 4) is 0 Å². The van der Waals surface area contributed by atoms with E-state index in [2.05, 4.69) is 5.32 Å². The van der Waals surface area contributed by atoms with Gasteiger partial charge in [-0.25, -0.2) is 0 Å². The van der Waals surface area contributed by atoms with Gasteiger partial charge in [-0.15, -0.1) is 0 Å². The number of likely N-dealkylation sites (tertiary alicyclic amines) is 1. The molecule has 0 atom stereocenters. The molecule has 0 unspecified atom stereocenters. The summed E-state index contributed by atoms with van der Waals surface area (Å²) in [6, 6.07) is 6.57. The maximum absolute atomic E-state index is 12.0. The van der Waals surface area contributed by atoms with Gasteiger partial charge in [-0.1, -0.05) is 17.7 Å². The maximum atomic E-state index is 12.0. The lowest BCUT2D eigenvalue weighted by Gasteiger charge is -2.29. The summed E-state index contributed by atoms with van der Waals surface area (Å²) in [5.74, 6) is -1.90. The summed E-state index contributed by atoms with van der Waals surface area (Å²) in [7, 11) is 0. The Hall–Kier alpha value is -2.08. The Morgan fingerprint density at radius 3 is 2.48 bits per heavy atom. The first kappa shape index (κ1) is 15.3. The number of nitrogens with two attached hydrogens (primary N) is 1. The van der Waals surface area contributed by atoms with E-state index < -0.39 is 11.8 Å². The number of amides is 3. The number of carbonyl (C=O) groups is 3. The molecule has 1 heterocycles. The zero-order chi connectivity index (χ0) is 15.4. The van der Waals surface area contributed by atoms with Crippen molar-refractivity contribution in [2.75, 3.05) is 18.4 Å². The minimum Gasteiger partial charge on any atom is -0.369 e. The lowest BCUT2D eigenvalue weighted by Crippen LogP contribution is -2.46. The van der Waals surface area contributed by atoms with E-state index in [1.165, 1.54) is 4.90 Å². The largest absolute Gasteiger partial charge is 0.369 e. The van der Waals surface area contributed by atoms with Crippen LogP contribution in [0.15, 0.2) is 24.3 Å². The average molecular weight is 310 g/mol. The molecule has 0 aromatic heterocycles. The van der Waals surface area contributed by atoms with Crippen molar-refractivity contribution in [1.82, 2.24) is 4.90 Å². The first-order valence-corrected chi connectivity index (χ1v) is 7.00. The highest BCUT2D eigenvalue weighted by atomic mass is 35.5. The third-order valence-corrected chi connectivity index (χ3v) is 3.70. The fraction of sp³-hybridized carbons (Fsp3) is 0.357. The number of rotatable bonds is 2. The number of hydrogen-bond donors (Lipinski definition) is 2. The van der Waals surface area contributed by atoms with Gasteiger partial charge < -0.3 is 16.0 Å². The predicted molar refractivity (Wildman–Crippen MR) is 78.6 cm³/mol. The number of halogens is 1.